The van der Waals surface area contributed by atoms with Gasteiger partial charge in [-0.05, 0) is 49.7 Å². The number of hydrogen-bond acceptors (Lipinski definition) is 6. The van der Waals surface area contributed by atoms with Gasteiger partial charge in [-0.2, -0.15) is 4.68 Å². The Labute approximate surface area is 205 Å². The maximum Gasteiger partial charge on any atom is 0.437 e. The average Bonchev–Trinajstić information content (AvgIpc) is 3.17. The Morgan fingerprint density at radius 3 is 2.46 bits per heavy atom. The molecule has 1 aromatic carbocycles. The monoisotopic (exact) mass is 485 g/mol. The van der Waals surface area contributed by atoms with Crippen LogP contribution in [0, 0.1) is 11.8 Å². The van der Waals surface area contributed by atoms with Crippen LogP contribution in [0.15, 0.2) is 39.5 Å². The van der Waals surface area contributed by atoms with Crippen LogP contribution >= 0.6 is 0 Å². The van der Waals surface area contributed by atoms with Crippen LogP contribution in [-0.2, 0) is 11.3 Å². The molecule has 0 unspecified atom stereocenters. The number of carbonyl (C=O) groups is 3. The molecule has 0 bridgehead atoms. The highest BCUT2D eigenvalue weighted by molar-refractivity contribution is 6.00. The molecule has 0 spiro atoms. The number of urea groups is 1. The zero-order valence-corrected chi connectivity index (χ0v) is 20.8. The summed E-state index contributed by atoms with van der Waals surface area (Å²) >= 11 is 0. The molecule has 0 saturated carbocycles. The first kappa shape index (κ1) is 26.2. The van der Waals surface area contributed by atoms with Gasteiger partial charge in [0.1, 0.15) is 6.04 Å². The summed E-state index contributed by atoms with van der Waals surface area (Å²) < 4.78 is 6.24. The Kier molecular flexibility index (Phi) is 8.84. The van der Waals surface area contributed by atoms with Gasteiger partial charge in [-0.1, -0.05) is 45.9 Å². The van der Waals surface area contributed by atoms with Crippen molar-refractivity contribution in [1.29, 1.82) is 0 Å². The fourth-order valence-corrected chi connectivity index (χ4v) is 4.15. The van der Waals surface area contributed by atoms with Gasteiger partial charge in [0, 0.05) is 12.2 Å². The molecule has 2 heterocycles. The number of amides is 3. The molecular weight excluding hydrogens is 450 g/mol. The van der Waals surface area contributed by atoms with Gasteiger partial charge in [0.2, 0.25) is 11.7 Å². The molecule has 1 aliphatic heterocycles. The summed E-state index contributed by atoms with van der Waals surface area (Å²) in [5.41, 5.74) is 0.656. The SMILES string of the molecule is CC(C)C[C@H](NC(=O)N1CCCC[C@@H]1C(=O)Nc1ccccc1)C(=O)c1nn(CC(C)C)c(=O)o1. The van der Waals surface area contributed by atoms with E-state index in [9.17, 15) is 19.2 Å². The fourth-order valence-electron chi connectivity index (χ4n) is 4.15. The van der Waals surface area contributed by atoms with Crippen molar-refractivity contribution in [1.82, 2.24) is 20.0 Å². The van der Waals surface area contributed by atoms with Crippen LogP contribution in [0.4, 0.5) is 10.5 Å². The van der Waals surface area contributed by atoms with Crippen molar-refractivity contribution in [2.75, 3.05) is 11.9 Å². The lowest BCUT2D eigenvalue weighted by atomic mass is 9.99. The third kappa shape index (κ3) is 7.03. The molecule has 0 radical (unpaired) electrons. The van der Waals surface area contributed by atoms with Crippen LogP contribution in [0.5, 0.6) is 0 Å². The summed E-state index contributed by atoms with van der Waals surface area (Å²) in [6, 6.07) is 6.99. The zero-order chi connectivity index (χ0) is 25.5. The van der Waals surface area contributed by atoms with Crippen molar-refractivity contribution >= 4 is 23.4 Å². The molecule has 3 rings (SSSR count). The van der Waals surface area contributed by atoms with Crippen molar-refractivity contribution in [3.8, 4) is 0 Å². The number of ketones is 1. The minimum absolute atomic E-state index is 0.0762. The second kappa shape index (κ2) is 11.8. The largest absolute Gasteiger partial charge is 0.437 e. The highest BCUT2D eigenvalue weighted by Gasteiger charge is 2.35. The van der Waals surface area contributed by atoms with Crippen LogP contribution in [-0.4, -0.2) is 51.0 Å². The van der Waals surface area contributed by atoms with Crippen LogP contribution in [0.25, 0.3) is 0 Å². The molecule has 3 amide bonds. The van der Waals surface area contributed by atoms with E-state index in [1.165, 1.54) is 4.90 Å². The summed E-state index contributed by atoms with van der Waals surface area (Å²) in [6.07, 6.45) is 2.45. The van der Waals surface area contributed by atoms with Crippen molar-refractivity contribution in [2.45, 2.75) is 72.0 Å². The lowest BCUT2D eigenvalue weighted by Gasteiger charge is -2.35. The molecule has 1 aliphatic rings. The number of para-hydroxylation sites is 1. The van der Waals surface area contributed by atoms with E-state index >= 15 is 0 Å². The molecule has 10 heteroatoms. The normalized spacial score (nSPS) is 16.9. The number of piperidine rings is 1. The number of benzene rings is 1. The van der Waals surface area contributed by atoms with Crippen LogP contribution in [0.2, 0.25) is 0 Å². The average molecular weight is 486 g/mol. The van der Waals surface area contributed by atoms with Crippen LogP contribution < -0.4 is 16.4 Å². The number of likely N-dealkylation sites (tertiary alicyclic amines) is 1. The first-order chi connectivity index (χ1) is 16.7. The summed E-state index contributed by atoms with van der Waals surface area (Å²) in [5, 5.41) is 9.69. The third-order valence-corrected chi connectivity index (χ3v) is 5.78. The Balaban J connectivity index is 1.75. The number of nitrogens with zero attached hydrogens (tertiary/aromatic N) is 3. The Hall–Kier alpha value is -3.43. The van der Waals surface area contributed by atoms with E-state index in [0.29, 0.717) is 31.6 Å². The Morgan fingerprint density at radius 2 is 1.80 bits per heavy atom. The second-order valence-corrected chi connectivity index (χ2v) is 9.81. The summed E-state index contributed by atoms with van der Waals surface area (Å²) in [5.74, 6) is -1.63. The number of Topliss-reactive ketones (excluding diaryl/α,β-unsaturated/α-hetero) is 1. The summed E-state index contributed by atoms with van der Waals surface area (Å²) in [6.45, 7) is 8.43. The quantitative estimate of drug-likeness (QED) is 0.525. The van der Waals surface area contributed by atoms with Gasteiger partial charge in [-0.15, -0.1) is 5.10 Å². The van der Waals surface area contributed by atoms with Crippen LogP contribution in [0.3, 0.4) is 0 Å². The summed E-state index contributed by atoms with van der Waals surface area (Å²) in [7, 11) is 0. The maximum absolute atomic E-state index is 13.3. The molecule has 1 fully saturated rings. The molecule has 10 nitrogen and oxygen atoms in total. The maximum atomic E-state index is 13.3. The van der Waals surface area contributed by atoms with Gasteiger partial charge < -0.3 is 20.0 Å². The number of carbonyl (C=O) groups excluding carboxylic acids is 3. The van der Waals surface area contributed by atoms with Gasteiger partial charge in [0.05, 0.1) is 12.6 Å². The highest BCUT2D eigenvalue weighted by Crippen LogP contribution is 2.20. The molecule has 190 valence electrons. The smallest absolute Gasteiger partial charge is 0.384 e. The molecule has 35 heavy (non-hydrogen) atoms. The second-order valence-electron chi connectivity index (χ2n) is 9.81. The minimum Gasteiger partial charge on any atom is -0.384 e. The highest BCUT2D eigenvalue weighted by atomic mass is 16.4. The predicted octanol–water partition coefficient (Wildman–Crippen LogP) is 3.29. The lowest BCUT2D eigenvalue weighted by Crippen LogP contribution is -2.56. The Bertz CT molecular complexity index is 1080. The van der Waals surface area contributed by atoms with E-state index in [4.69, 9.17) is 4.42 Å². The molecule has 2 aromatic rings. The Morgan fingerprint density at radius 1 is 1.09 bits per heavy atom. The number of nitrogens with one attached hydrogen (secondary N) is 2. The zero-order valence-electron chi connectivity index (χ0n) is 20.8. The van der Waals surface area contributed by atoms with E-state index in [1.54, 1.807) is 12.1 Å². The first-order valence-corrected chi connectivity index (χ1v) is 12.2. The van der Waals surface area contributed by atoms with Gasteiger partial charge in [0.15, 0.2) is 0 Å². The first-order valence-electron chi connectivity index (χ1n) is 12.2. The van der Waals surface area contributed by atoms with Crippen LogP contribution in [0.1, 0.15) is 64.1 Å². The predicted molar refractivity (Wildman–Crippen MR) is 131 cm³/mol. The standard InChI is InChI=1S/C25H35N5O5/c1-16(2)14-19(21(31)23-28-30(15-17(3)4)25(34)35-23)27-24(33)29-13-9-8-12-20(29)22(32)26-18-10-6-5-7-11-18/h5-7,10-11,16-17,19-20H,8-9,12-15H2,1-4H3,(H,26,32)(H,27,33)/t19-,20+/m0/s1. The summed E-state index contributed by atoms with van der Waals surface area (Å²) in [4.78, 5) is 53.0. The third-order valence-electron chi connectivity index (χ3n) is 5.78. The molecule has 1 aromatic heterocycles. The lowest BCUT2D eigenvalue weighted by molar-refractivity contribution is -0.121. The van der Waals surface area contributed by atoms with Gasteiger partial charge in [0.25, 0.3) is 5.89 Å². The molecule has 0 aliphatic carbocycles. The van der Waals surface area contributed by atoms with E-state index in [0.717, 1.165) is 17.5 Å². The molecule has 2 N–H and O–H groups in total. The minimum atomic E-state index is -0.937. The number of anilines is 1. The number of rotatable bonds is 9. The number of aromatic nitrogens is 2. The van der Waals surface area contributed by atoms with E-state index in [-0.39, 0.29) is 23.6 Å². The van der Waals surface area contributed by atoms with Crippen molar-refractivity contribution < 1.29 is 18.8 Å². The molecular formula is C25H35N5O5. The van der Waals surface area contributed by atoms with E-state index in [2.05, 4.69) is 15.7 Å². The van der Waals surface area contributed by atoms with E-state index in [1.807, 2.05) is 45.9 Å². The fraction of sp³-hybridized carbons (Fsp3) is 0.560. The van der Waals surface area contributed by atoms with Crippen molar-refractivity contribution in [3.05, 3.63) is 46.8 Å². The van der Waals surface area contributed by atoms with Gasteiger partial charge in [-0.3, -0.25) is 9.59 Å². The number of hydrogen-bond donors (Lipinski definition) is 2. The molecule has 1 saturated heterocycles. The van der Waals surface area contributed by atoms with Crippen molar-refractivity contribution in [2.24, 2.45) is 11.8 Å². The van der Waals surface area contributed by atoms with Gasteiger partial charge in [-0.25, -0.2) is 9.59 Å². The topological polar surface area (TPSA) is 127 Å². The molecule has 2 atom stereocenters. The van der Waals surface area contributed by atoms with E-state index < -0.39 is 29.7 Å². The van der Waals surface area contributed by atoms with Crippen molar-refractivity contribution in [3.63, 3.8) is 0 Å². The van der Waals surface area contributed by atoms with Gasteiger partial charge >= 0.3 is 11.8 Å².